The number of carboxylic acids is 1. The van der Waals surface area contributed by atoms with E-state index in [-0.39, 0.29) is 24.9 Å². The van der Waals surface area contributed by atoms with Gasteiger partial charge >= 0.3 is 5.97 Å². The number of hydrogen-bond acceptors (Lipinski definition) is 3. The van der Waals surface area contributed by atoms with E-state index in [1.165, 1.54) is 0 Å². The number of rotatable bonds is 7. The van der Waals surface area contributed by atoms with E-state index in [1.54, 1.807) is 4.68 Å². The zero-order valence-corrected chi connectivity index (χ0v) is 12.5. The van der Waals surface area contributed by atoms with Crippen LogP contribution >= 0.6 is 0 Å². The monoisotopic (exact) mass is 281 g/mol. The van der Waals surface area contributed by atoms with E-state index in [0.29, 0.717) is 6.42 Å². The molecule has 2 N–H and O–H groups in total. The van der Waals surface area contributed by atoms with Crippen molar-refractivity contribution in [3.05, 3.63) is 17.5 Å². The number of carbonyl (C=O) groups excluding carboxylic acids is 1. The molecule has 20 heavy (non-hydrogen) atoms. The summed E-state index contributed by atoms with van der Waals surface area (Å²) in [6, 6.07) is 1.89. The van der Waals surface area contributed by atoms with Crippen LogP contribution in [0, 0.1) is 25.7 Å². The molecule has 0 aliphatic heterocycles. The van der Waals surface area contributed by atoms with Crippen molar-refractivity contribution < 1.29 is 14.7 Å². The number of aromatic nitrogens is 2. The first kappa shape index (κ1) is 16.2. The topological polar surface area (TPSA) is 84.2 Å². The van der Waals surface area contributed by atoms with E-state index in [2.05, 4.69) is 10.4 Å². The molecule has 1 atom stereocenters. The minimum absolute atomic E-state index is 0.119. The molecule has 6 heteroatoms. The van der Waals surface area contributed by atoms with Gasteiger partial charge in [0.15, 0.2) is 0 Å². The summed E-state index contributed by atoms with van der Waals surface area (Å²) in [7, 11) is 0. The van der Waals surface area contributed by atoms with E-state index in [1.807, 2.05) is 33.8 Å². The molecule has 112 valence electrons. The lowest BCUT2D eigenvalue weighted by Gasteiger charge is -2.15. The van der Waals surface area contributed by atoms with Gasteiger partial charge in [-0.25, -0.2) is 0 Å². The largest absolute Gasteiger partial charge is 0.481 e. The summed E-state index contributed by atoms with van der Waals surface area (Å²) < 4.78 is 1.61. The number of aryl methyl sites for hydroxylation is 2. The summed E-state index contributed by atoms with van der Waals surface area (Å²) >= 11 is 0. The first-order chi connectivity index (χ1) is 9.29. The Labute approximate surface area is 119 Å². The highest BCUT2D eigenvalue weighted by atomic mass is 16.4. The first-order valence-electron chi connectivity index (χ1n) is 6.80. The molecule has 0 radical (unpaired) electrons. The van der Waals surface area contributed by atoms with Gasteiger partial charge in [-0.3, -0.25) is 14.3 Å². The SMILES string of the molecule is Cc1cc(C)n(CC(=O)NCC(CC(C)C)C(=O)O)n1. The van der Waals surface area contributed by atoms with Crippen LogP contribution in [-0.2, 0) is 16.1 Å². The number of carboxylic acid groups (broad SMARTS) is 1. The summed E-state index contributed by atoms with van der Waals surface area (Å²) in [6.45, 7) is 7.96. The second kappa shape index (κ2) is 7.07. The molecule has 1 aromatic heterocycles. The lowest BCUT2D eigenvalue weighted by atomic mass is 9.97. The maximum Gasteiger partial charge on any atom is 0.308 e. The van der Waals surface area contributed by atoms with Gasteiger partial charge in [-0.1, -0.05) is 13.8 Å². The Kier molecular flexibility index (Phi) is 5.73. The summed E-state index contributed by atoms with van der Waals surface area (Å²) in [5.41, 5.74) is 1.77. The molecule has 0 aliphatic carbocycles. The molecule has 1 amide bonds. The van der Waals surface area contributed by atoms with Gasteiger partial charge < -0.3 is 10.4 Å². The average Bonchev–Trinajstić information content (AvgIpc) is 2.62. The lowest BCUT2D eigenvalue weighted by Crippen LogP contribution is -2.35. The van der Waals surface area contributed by atoms with Crippen LogP contribution in [0.5, 0.6) is 0 Å². The molecule has 0 fully saturated rings. The van der Waals surface area contributed by atoms with Gasteiger partial charge in [-0.15, -0.1) is 0 Å². The Hall–Kier alpha value is -1.85. The molecular weight excluding hydrogens is 258 g/mol. The maximum absolute atomic E-state index is 11.8. The molecule has 0 saturated heterocycles. The third-order valence-corrected chi connectivity index (χ3v) is 3.05. The third-order valence-electron chi connectivity index (χ3n) is 3.05. The van der Waals surface area contributed by atoms with Gasteiger partial charge in [0.25, 0.3) is 0 Å². The Bertz CT molecular complexity index is 480. The van der Waals surface area contributed by atoms with E-state index in [9.17, 15) is 9.59 Å². The predicted molar refractivity (Wildman–Crippen MR) is 75.3 cm³/mol. The van der Waals surface area contributed by atoms with Crippen LogP contribution in [0.25, 0.3) is 0 Å². The quantitative estimate of drug-likeness (QED) is 0.790. The number of nitrogens with zero attached hydrogens (tertiary/aromatic N) is 2. The van der Waals surface area contributed by atoms with Gasteiger partial charge in [0.2, 0.25) is 5.91 Å². The van der Waals surface area contributed by atoms with Crippen LogP contribution in [0.2, 0.25) is 0 Å². The summed E-state index contributed by atoms with van der Waals surface area (Å²) in [6.07, 6.45) is 0.551. The van der Waals surface area contributed by atoms with Crippen LogP contribution in [0.4, 0.5) is 0 Å². The van der Waals surface area contributed by atoms with Crippen molar-refractivity contribution in [1.82, 2.24) is 15.1 Å². The van der Waals surface area contributed by atoms with Crippen molar-refractivity contribution in [2.24, 2.45) is 11.8 Å². The highest BCUT2D eigenvalue weighted by Gasteiger charge is 2.19. The maximum atomic E-state index is 11.8. The van der Waals surface area contributed by atoms with Crippen molar-refractivity contribution in [3.63, 3.8) is 0 Å². The molecule has 1 rings (SSSR count). The molecule has 0 aliphatic rings. The van der Waals surface area contributed by atoms with Crippen LogP contribution < -0.4 is 5.32 Å². The minimum atomic E-state index is -0.870. The first-order valence-corrected chi connectivity index (χ1v) is 6.80. The van der Waals surface area contributed by atoms with Gasteiger partial charge in [0.05, 0.1) is 11.6 Å². The smallest absolute Gasteiger partial charge is 0.308 e. The minimum Gasteiger partial charge on any atom is -0.481 e. The number of hydrogen-bond donors (Lipinski definition) is 2. The average molecular weight is 281 g/mol. The van der Waals surface area contributed by atoms with Gasteiger partial charge in [0.1, 0.15) is 6.54 Å². The highest BCUT2D eigenvalue weighted by molar-refractivity contribution is 5.77. The molecule has 0 saturated carbocycles. The fraction of sp³-hybridized carbons (Fsp3) is 0.643. The number of amides is 1. The molecule has 0 spiro atoms. The van der Waals surface area contributed by atoms with Crippen molar-refractivity contribution in [2.75, 3.05) is 6.54 Å². The zero-order valence-electron chi connectivity index (χ0n) is 12.5. The summed E-state index contributed by atoms with van der Waals surface area (Å²) in [5, 5.41) is 16.0. The van der Waals surface area contributed by atoms with Crippen molar-refractivity contribution in [3.8, 4) is 0 Å². The summed E-state index contributed by atoms with van der Waals surface area (Å²) in [4.78, 5) is 22.9. The molecule has 0 aromatic carbocycles. The highest BCUT2D eigenvalue weighted by Crippen LogP contribution is 2.11. The zero-order chi connectivity index (χ0) is 15.3. The number of aliphatic carboxylic acids is 1. The Morgan fingerprint density at radius 3 is 2.50 bits per heavy atom. The molecule has 1 aromatic rings. The fourth-order valence-corrected chi connectivity index (χ4v) is 2.10. The molecule has 1 unspecified atom stereocenters. The van der Waals surface area contributed by atoms with Crippen LogP contribution in [0.1, 0.15) is 31.7 Å². The van der Waals surface area contributed by atoms with Crippen LogP contribution in [0.3, 0.4) is 0 Å². The predicted octanol–water partition coefficient (Wildman–Crippen LogP) is 1.36. The van der Waals surface area contributed by atoms with E-state index in [0.717, 1.165) is 11.4 Å². The van der Waals surface area contributed by atoms with Crippen molar-refractivity contribution in [2.45, 2.75) is 40.7 Å². The molecule has 6 nitrogen and oxygen atoms in total. The number of carbonyl (C=O) groups is 2. The second-order valence-corrected chi connectivity index (χ2v) is 5.55. The van der Waals surface area contributed by atoms with Crippen molar-refractivity contribution in [1.29, 1.82) is 0 Å². The normalized spacial score (nSPS) is 12.4. The van der Waals surface area contributed by atoms with E-state index in [4.69, 9.17) is 5.11 Å². The second-order valence-electron chi connectivity index (χ2n) is 5.55. The van der Waals surface area contributed by atoms with Gasteiger partial charge in [0, 0.05) is 12.2 Å². The van der Waals surface area contributed by atoms with Crippen molar-refractivity contribution >= 4 is 11.9 Å². The molecule has 0 bridgehead atoms. The van der Waals surface area contributed by atoms with E-state index >= 15 is 0 Å². The number of nitrogens with one attached hydrogen (secondary N) is 1. The van der Waals surface area contributed by atoms with E-state index < -0.39 is 11.9 Å². The summed E-state index contributed by atoms with van der Waals surface area (Å²) in [5.74, 6) is -1.35. The molecule has 1 heterocycles. The third kappa shape index (κ3) is 5.03. The van der Waals surface area contributed by atoms with Crippen LogP contribution in [0.15, 0.2) is 6.07 Å². The van der Waals surface area contributed by atoms with Gasteiger partial charge in [-0.05, 0) is 32.3 Å². The molecular formula is C14H23N3O3. The standard InChI is InChI=1S/C14H23N3O3/c1-9(2)5-12(14(19)20)7-15-13(18)8-17-11(4)6-10(3)16-17/h6,9,12H,5,7-8H2,1-4H3,(H,15,18)(H,19,20). The fourth-order valence-electron chi connectivity index (χ4n) is 2.10. The Balaban J connectivity index is 2.49. The Morgan fingerprint density at radius 1 is 1.40 bits per heavy atom. The lowest BCUT2D eigenvalue weighted by molar-refractivity contribution is -0.142. The van der Waals surface area contributed by atoms with Crippen LogP contribution in [-0.4, -0.2) is 33.3 Å². The van der Waals surface area contributed by atoms with Gasteiger partial charge in [-0.2, -0.15) is 5.10 Å². The Morgan fingerprint density at radius 2 is 2.05 bits per heavy atom.